The van der Waals surface area contributed by atoms with Crippen LogP contribution in [0.4, 0.5) is 11.4 Å². The molecule has 0 aliphatic rings. The summed E-state index contributed by atoms with van der Waals surface area (Å²) in [6.45, 7) is 2.00. The van der Waals surface area contributed by atoms with Crippen molar-refractivity contribution in [3.05, 3.63) is 57.6 Å². The molecule has 0 aromatic heterocycles. The zero-order chi connectivity index (χ0) is 15.4. The molecule has 0 saturated heterocycles. The number of nitrogen functional groups attached to an aromatic ring is 1. The third-order valence-electron chi connectivity index (χ3n) is 3.00. The summed E-state index contributed by atoms with van der Waals surface area (Å²) in [4.78, 5) is 11.5. The Balaban J connectivity index is 2.18. The van der Waals surface area contributed by atoms with Gasteiger partial charge in [0.25, 0.3) is 0 Å². The lowest BCUT2D eigenvalue weighted by Gasteiger charge is -2.08. The Labute approximate surface area is 127 Å². The van der Waals surface area contributed by atoms with Crippen molar-refractivity contribution in [3.8, 4) is 5.75 Å². The summed E-state index contributed by atoms with van der Waals surface area (Å²) in [5.74, 6) is 0.877. The Morgan fingerprint density at radius 1 is 1.29 bits per heavy atom. The van der Waals surface area contributed by atoms with E-state index < -0.39 is 4.92 Å². The van der Waals surface area contributed by atoms with E-state index in [0.29, 0.717) is 11.4 Å². The molecule has 0 aliphatic heterocycles. The minimum absolute atomic E-state index is 0.0205. The second kappa shape index (κ2) is 6.49. The molecule has 2 aromatic rings. The second-order valence-corrected chi connectivity index (χ2v) is 5.61. The van der Waals surface area contributed by atoms with Crippen molar-refractivity contribution in [3.63, 3.8) is 0 Å². The molecule has 2 aromatic carbocycles. The number of thioether (sulfide) groups is 1. The van der Waals surface area contributed by atoms with Gasteiger partial charge in [-0.05, 0) is 36.2 Å². The van der Waals surface area contributed by atoms with Crippen molar-refractivity contribution in [1.29, 1.82) is 0 Å². The number of ether oxygens (including phenoxy) is 1. The summed E-state index contributed by atoms with van der Waals surface area (Å²) in [5.41, 5.74) is 8.61. The van der Waals surface area contributed by atoms with Crippen LogP contribution in [0, 0.1) is 17.0 Å². The van der Waals surface area contributed by atoms with Crippen molar-refractivity contribution in [2.45, 2.75) is 17.6 Å². The van der Waals surface area contributed by atoms with Gasteiger partial charge >= 0.3 is 5.69 Å². The first kappa shape index (κ1) is 15.2. The molecule has 110 valence electrons. The lowest BCUT2D eigenvalue weighted by Crippen LogP contribution is -1.95. The standard InChI is InChI=1S/C15H16N2O3S/c1-10-3-5-12(16)15(7-10)21-9-11-4-6-14(20-2)13(8-11)17(18)19/h3-8H,9,16H2,1-2H3. The molecule has 21 heavy (non-hydrogen) atoms. The Kier molecular flexibility index (Phi) is 4.70. The molecule has 6 heteroatoms. The molecule has 2 N–H and O–H groups in total. The molecule has 0 bridgehead atoms. The van der Waals surface area contributed by atoms with Crippen LogP contribution >= 0.6 is 11.8 Å². The topological polar surface area (TPSA) is 78.4 Å². The number of rotatable bonds is 5. The van der Waals surface area contributed by atoms with Crippen molar-refractivity contribution in [1.82, 2.24) is 0 Å². The highest BCUT2D eigenvalue weighted by molar-refractivity contribution is 7.98. The van der Waals surface area contributed by atoms with E-state index in [1.807, 2.05) is 31.2 Å². The van der Waals surface area contributed by atoms with Crippen molar-refractivity contribution < 1.29 is 9.66 Å². The van der Waals surface area contributed by atoms with Crippen LogP contribution < -0.4 is 10.5 Å². The second-order valence-electron chi connectivity index (χ2n) is 4.59. The molecule has 0 amide bonds. The van der Waals surface area contributed by atoms with Crippen LogP contribution in [0.2, 0.25) is 0 Å². The number of aryl methyl sites for hydroxylation is 1. The molecular formula is C15H16N2O3S. The molecule has 0 atom stereocenters. The van der Waals surface area contributed by atoms with Crippen molar-refractivity contribution in [2.24, 2.45) is 0 Å². The first-order chi connectivity index (χ1) is 10.0. The summed E-state index contributed by atoms with van der Waals surface area (Å²) in [6, 6.07) is 10.8. The van der Waals surface area contributed by atoms with Crippen LogP contribution in [-0.2, 0) is 5.75 Å². The highest BCUT2D eigenvalue weighted by atomic mass is 32.2. The number of hydrogen-bond acceptors (Lipinski definition) is 5. The smallest absolute Gasteiger partial charge is 0.311 e. The van der Waals surface area contributed by atoms with Crippen LogP contribution in [0.5, 0.6) is 5.75 Å². The number of nitro benzene ring substituents is 1. The molecule has 0 spiro atoms. The molecule has 5 nitrogen and oxygen atoms in total. The predicted octanol–water partition coefficient (Wildman–Crippen LogP) is 3.79. The van der Waals surface area contributed by atoms with E-state index in [2.05, 4.69) is 0 Å². The third-order valence-corrected chi connectivity index (χ3v) is 4.15. The fourth-order valence-electron chi connectivity index (χ4n) is 1.90. The molecule has 0 saturated carbocycles. The number of methoxy groups -OCH3 is 1. The van der Waals surface area contributed by atoms with Gasteiger partial charge < -0.3 is 10.5 Å². The van der Waals surface area contributed by atoms with E-state index in [9.17, 15) is 10.1 Å². The van der Waals surface area contributed by atoms with Gasteiger partial charge in [0.05, 0.1) is 12.0 Å². The third kappa shape index (κ3) is 3.66. The lowest BCUT2D eigenvalue weighted by molar-refractivity contribution is -0.385. The van der Waals surface area contributed by atoms with Gasteiger partial charge in [-0.25, -0.2) is 0 Å². The number of benzene rings is 2. The minimum Gasteiger partial charge on any atom is -0.490 e. The predicted molar refractivity (Wildman–Crippen MR) is 84.8 cm³/mol. The lowest BCUT2D eigenvalue weighted by atomic mass is 10.2. The average Bonchev–Trinajstić information content (AvgIpc) is 2.47. The minimum atomic E-state index is -0.436. The fraction of sp³-hybridized carbons (Fsp3) is 0.200. The van der Waals surface area contributed by atoms with Gasteiger partial charge in [-0.3, -0.25) is 10.1 Å². The maximum Gasteiger partial charge on any atom is 0.311 e. The van der Waals surface area contributed by atoms with E-state index in [1.54, 1.807) is 17.8 Å². The molecule has 0 aliphatic carbocycles. The van der Waals surface area contributed by atoms with Gasteiger partial charge in [0.1, 0.15) is 0 Å². The molecule has 0 unspecified atom stereocenters. The van der Waals surface area contributed by atoms with Crippen LogP contribution in [0.25, 0.3) is 0 Å². The number of nitrogens with zero attached hydrogens (tertiary/aromatic N) is 1. The highest BCUT2D eigenvalue weighted by Crippen LogP contribution is 2.32. The van der Waals surface area contributed by atoms with Gasteiger partial charge in [-0.1, -0.05) is 12.1 Å². The fourth-order valence-corrected chi connectivity index (χ4v) is 2.90. The Morgan fingerprint density at radius 2 is 2.05 bits per heavy atom. The van der Waals surface area contributed by atoms with Gasteiger partial charge in [-0.15, -0.1) is 11.8 Å². The monoisotopic (exact) mass is 304 g/mol. The molecule has 0 radical (unpaired) electrons. The zero-order valence-electron chi connectivity index (χ0n) is 11.8. The summed E-state index contributed by atoms with van der Waals surface area (Å²) in [6.07, 6.45) is 0. The summed E-state index contributed by atoms with van der Waals surface area (Å²) >= 11 is 1.56. The van der Waals surface area contributed by atoms with E-state index >= 15 is 0 Å². The van der Waals surface area contributed by atoms with Gasteiger partial charge in [-0.2, -0.15) is 0 Å². The quantitative estimate of drug-likeness (QED) is 0.393. The Morgan fingerprint density at radius 3 is 2.71 bits per heavy atom. The molecule has 0 fully saturated rings. The number of hydrogen-bond donors (Lipinski definition) is 1. The van der Waals surface area contributed by atoms with Crippen molar-refractivity contribution in [2.75, 3.05) is 12.8 Å². The van der Waals surface area contributed by atoms with Gasteiger partial charge in [0.2, 0.25) is 0 Å². The van der Waals surface area contributed by atoms with Crippen LogP contribution in [0.1, 0.15) is 11.1 Å². The van der Waals surface area contributed by atoms with E-state index in [1.165, 1.54) is 13.2 Å². The van der Waals surface area contributed by atoms with Gasteiger partial charge in [0.15, 0.2) is 5.75 Å². The number of nitro groups is 1. The SMILES string of the molecule is COc1ccc(CSc2cc(C)ccc2N)cc1[N+](=O)[O-]. The summed E-state index contributed by atoms with van der Waals surface area (Å²) < 4.78 is 4.99. The van der Waals surface area contributed by atoms with Gasteiger partial charge in [0, 0.05) is 22.4 Å². The summed E-state index contributed by atoms with van der Waals surface area (Å²) in [5, 5.41) is 11.0. The Hall–Kier alpha value is -2.21. The highest BCUT2D eigenvalue weighted by Gasteiger charge is 2.15. The number of anilines is 1. The Bertz CT molecular complexity index is 674. The normalized spacial score (nSPS) is 10.4. The maximum atomic E-state index is 11.0. The van der Waals surface area contributed by atoms with Crippen LogP contribution in [0.15, 0.2) is 41.3 Å². The van der Waals surface area contributed by atoms with Crippen molar-refractivity contribution >= 4 is 23.1 Å². The largest absolute Gasteiger partial charge is 0.490 e. The van der Waals surface area contributed by atoms with E-state index in [4.69, 9.17) is 10.5 Å². The number of nitrogens with two attached hydrogens (primary N) is 1. The van der Waals surface area contributed by atoms with E-state index in [-0.39, 0.29) is 11.4 Å². The average molecular weight is 304 g/mol. The molecule has 2 rings (SSSR count). The molecular weight excluding hydrogens is 288 g/mol. The maximum absolute atomic E-state index is 11.0. The van der Waals surface area contributed by atoms with Crippen LogP contribution in [0.3, 0.4) is 0 Å². The van der Waals surface area contributed by atoms with Crippen LogP contribution in [-0.4, -0.2) is 12.0 Å². The first-order valence-electron chi connectivity index (χ1n) is 6.31. The zero-order valence-corrected chi connectivity index (χ0v) is 12.6. The van der Waals surface area contributed by atoms with E-state index in [0.717, 1.165) is 16.0 Å². The molecule has 0 heterocycles. The summed E-state index contributed by atoms with van der Waals surface area (Å²) in [7, 11) is 1.42. The first-order valence-corrected chi connectivity index (χ1v) is 7.30.